The fourth-order valence-electron chi connectivity index (χ4n) is 4.56. The summed E-state index contributed by atoms with van der Waals surface area (Å²) in [6.07, 6.45) is 8.60. The van der Waals surface area contributed by atoms with Crippen LogP contribution in [-0.4, -0.2) is 55.6 Å². The zero-order valence-electron chi connectivity index (χ0n) is 19.7. The third kappa shape index (κ3) is 4.93. The van der Waals surface area contributed by atoms with Gasteiger partial charge in [-0.25, -0.2) is 13.5 Å². The van der Waals surface area contributed by atoms with Crippen LogP contribution in [0.4, 0.5) is 11.5 Å². The number of nitrogens with two attached hydrogens (primary N) is 1. The molecule has 1 aliphatic carbocycles. The maximum atomic E-state index is 12.1. The Bertz CT molecular complexity index is 1310. The summed E-state index contributed by atoms with van der Waals surface area (Å²) in [6, 6.07) is 9.01. The van der Waals surface area contributed by atoms with E-state index in [1.54, 1.807) is 30.7 Å². The van der Waals surface area contributed by atoms with Crippen molar-refractivity contribution in [1.82, 2.24) is 14.3 Å². The molecule has 3 heterocycles. The quantitative estimate of drug-likeness (QED) is 0.339. The van der Waals surface area contributed by atoms with Gasteiger partial charge in [0.15, 0.2) is 0 Å². The van der Waals surface area contributed by atoms with Gasteiger partial charge in [-0.2, -0.15) is 0 Å². The van der Waals surface area contributed by atoms with Gasteiger partial charge in [-0.1, -0.05) is 23.2 Å². The summed E-state index contributed by atoms with van der Waals surface area (Å²) in [5.41, 5.74) is 8.76. The van der Waals surface area contributed by atoms with Crippen molar-refractivity contribution in [2.24, 2.45) is 0 Å². The maximum Gasteiger partial charge on any atom is 0.128 e. The van der Waals surface area contributed by atoms with Gasteiger partial charge >= 0.3 is 0 Å². The highest BCUT2D eigenvalue weighted by molar-refractivity contribution is 7.81. The summed E-state index contributed by atoms with van der Waals surface area (Å²) in [5.74, 6) is 1.40. The van der Waals surface area contributed by atoms with Crippen molar-refractivity contribution in [2.75, 3.05) is 36.5 Å². The normalized spacial score (nSPS) is 17.7. The van der Waals surface area contributed by atoms with Crippen molar-refractivity contribution in [3.05, 3.63) is 75.7 Å². The number of hydrogen-bond donors (Lipinski definition) is 2. The van der Waals surface area contributed by atoms with Crippen LogP contribution in [-0.2, 0) is 17.6 Å². The molecule has 2 aromatic heterocycles. The summed E-state index contributed by atoms with van der Waals surface area (Å²) in [5, 5.41) is 9.60. The van der Waals surface area contributed by atoms with Gasteiger partial charge in [-0.3, -0.25) is 10.4 Å². The number of halogens is 2. The molecule has 0 radical (unpaired) electrons. The Morgan fingerprint density at radius 1 is 1.17 bits per heavy atom. The van der Waals surface area contributed by atoms with Crippen LogP contribution < -0.4 is 15.4 Å². The first-order valence-electron chi connectivity index (χ1n) is 11.5. The molecular formula is C25H26Cl2N6O2S. The van der Waals surface area contributed by atoms with Crippen LogP contribution in [0, 0.1) is 5.41 Å². The molecule has 5 rings (SSSR count). The molecule has 1 aliphatic heterocycles. The standard InChI is InChI=1S/C25H26Cl2N6O2S/c1-36(34)33-9-8-32(15-25(33)6-7-25)23-5-2-16(11-31-23)24(29)18-10-17(3-4-22(18)28)35-14-19-20(26)12-30-13-21(19)27/h2-5,10-13,29H,6-9,14-15,28H2,1H3. The van der Waals surface area contributed by atoms with Gasteiger partial charge in [-0.05, 0) is 43.2 Å². The van der Waals surface area contributed by atoms with Gasteiger partial charge in [0.1, 0.15) is 18.2 Å². The molecule has 2 fully saturated rings. The maximum absolute atomic E-state index is 12.1. The van der Waals surface area contributed by atoms with Crippen molar-refractivity contribution < 1.29 is 8.95 Å². The molecule has 1 aromatic carbocycles. The Morgan fingerprint density at radius 3 is 2.56 bits per heavy atom. The van der Waals surface area contributed by atoms with Crippen molar-refractivity contribution in [2.45, 2.75) is 25.0 Å². The minimum absolute atomic E-state index is 0.00449. The number of nitrogens with one attached hydrogen (secondary N) is 1. The molecule has 11 heteroatoms. The Kier molecular flexibility index (Phi) is 6.91. The molecule has 3 N–H and O–H groups in total. The lowest BCUT2D eigenvalue weighted by molar-refractivity contribution is 0.285. The first-order chi connectivity index (χ1) is 17.3. The van der Waals surface area contributed by atoms with E-state index >= 15 is 0 Å². The number of benzene rings is 1. The van der Waals surface area contributed by atoms with E-state index in [4.69, 9.17) is 39.1 Å². The molecule has 2 aliphatic rings. The molecule has 1 saturated carbocycles. The highest BCUT2D eigenvalue weighted by Gasteiger charge is 2.53. The highest BCUT2D eigenvalue weighted by atomic mass is 35.5. The van der Waals surface area contributed by atoms with Crippen LogP contribution in [0.5, 0.6) is 5.75 Å². The molecule has 188 valence electrons. The number of ether oxygens (including phenoxy) is 1. The highest BCUT2D eigenvalue weighted by Crippen LogP contribution is 2.45. The van der Waals surface area contributed by atoms with Gasteiger partial charge in [0, 0.05) is 66.9 Å². The molecule has 1 spiro atoms. The summed E-state index contributed by atoms with van der Waals surface area (Å²) in [4.78, 5) is 10.8. The average molecular weight is 545 g/mol. The Hall–Kier alpha value is -2.72. The third-order valence-corrected chi connectivity index (χ3v) is 8.56. The van der Waals surface area contributed by atoms with Crippen molar-refractivity contribution in [1.29, 1.82) is 5.41 Å². The van der Waals surface area contributed by atoms with Crippen LogP contribution in [0.1, 0.15) is 29.5 Å². The second-order valence-electron chi connectivity index (χ2n) is 9.07. The van der Waals surface area contributed by atoms with E-state index in [0.717, 1.165) is 38.3 Å². The van der Waals surface area contributed by atoms with Gasteiger partial charge in [0.2, 0.25) is 0 Å². The van der Waals surface area contributed by atoms with Crippen LogP contribution in [0.25, 0.3) is 0 Å². The predicted molar refractivity (Wildman–Crippen MR) is 145 cm³/mol. The van der Waals surface area contributed by atoms with E-state index in [1.807, 2.05) is 12.1 Å². The minimum atomic E-state index is -0.961. The lowest BCUT2D eigenvalue weighted by Gasteiger charge is -2.41. The van der Waals surface area contributed by atoms with Crippen LogP contribution in [0.15, 0.2) is 48.9 Å². The summed E-state index contributed by atoms with van der Waals surface area (Å²) in [7, 11) is -0.961. The minimum Gasteiger partial charge on any atom is -0.489 e. The molecule has 0 amide bonds. The monoisotopic (exact) mass is 544 g/mol. The van der Waals surface area contributed by atoms with Crippen molar-refractivity contribution in [3.8, 4) is 5.75 Å². The van der Waals surface area contributed by atoms with E-state index in [-0.39, 0.29) is 17.9 Å². The van der Waals surface area contributed by atoms with Crippen molar-refractivity contribution >= 4 is 51.4 Å². The molecule has 1 atom stereocenters. The number of nitrogens with zero attached hydrogens (tertiary/aromatic N) is 4. The van der Waals surface area contributed by atoms with Crippen LogP contribution >= 0.6 is 23.2 Å². The fraction of sp³-hybridized carbons (Fsp3) is 0.320. The number of piperazine rings is 1. The van der Waals surface area contributed by atoms with Crippen molar-refractivity contribution in [3.63, 3.8) is 0 Å². The fourth-order valence-corrected chi connectivity index (χ4v) is 6.16. The zero-order valence-corrected chi connectivity index (χ0v) is 22.0. The molecule has 8 nitrogen and oxygen atoms in total. The van der Waals surface area contributed by atoms with E-state index < -0.39 is 11.0 Å². The number of aromatic nitrogens is 2. The summed E-state index contributed by atoms with van der Waals surface area (Å²) < 4.78 is 20.1. The van der Waals surface area contributed by atoms with E-state index in [0.29, 0.717) is 38.2 Å². The first-order valence-corrected chi connectivity index (χ1v) is 13.8. The lowest BCUT2D eigenvalue weighted by Crippen LogP contribution is -2.55. The molecule has 36 heavy (non-hydrogen) atoms. The van der Waals surface area contributed by atoms with E-state index in [2.05, 4.69) is 19.2 Å². The summed E-state index contributed by atoms with van der Waals surface area (Å²) in [6.45, 7) is 2.49. The summed E-state index contributed by atoms with van der Waals surface area (Å²) >= 11 is 12.4. The number of pyridine rings is 2. The second kappa shape index (κ2) is 9.97. The number of rotatable bonds is 7. The predicted octanol–water partition coefficient (Wildman–Crippen LogP) is 4.31. The Morgan fingerprint density at radius 2 is 1.92 bits per heavy atom. The lowest BCUT2D eigenvalue weighted by atomic mass is 10.0. The topological polar surface area (TPSA) is 108 Å². The van der Waals surface area contributed by atoms with Gasteiger partial charge in [0.05, 0.1) is 32.3 Å². The smallest absolute Gasteiger partial charge is 0.128 e. The molecule has 1 saturated heterocycles. The molecular weight excluding hydrogens is 519 g/mol. The van der Waals surface area contributed by atoms with Gasteiger partial charge in [0.25, 0.3) is 0 Å². The molecule has 3 aromatic rings. The number of anilines is 2. The zero-order chi connectivity index (χ0) is 25.4. The SMILES string of the molecule is CS(=O)N1CCN(c2ccc(C(=N)c3cc(OCc4c(Cl)cncc4Cl)ccc3N)cn2)CC12CC2. The Labute approximate surface area is 222 Å². The number of nitrogen functional groups attached to an aromatic ring is 1. The van der Waals surface area contributed by atoms with E-state index in [9.17, 15) is 4.21 Å². The van der Waals surface area contributed by atoms with Crippen LogP contribution in [0.3, 0.4) is 0 Å². The third-order valence-electron chi connectivity index (χ3n) is 6.71. The first kappa shape index (κ1) is 25.0. The Balaban J connectivity index is 1.29. The molecule has 0 bridgehead atoms. The van der Waals surface area contributed by atoms with E-state index in [1.165, 1.54) is 12.4 Å². The second-order valence-corrected chi connectivity index (χ2v) is 11.2. The molecule has 1 unspecified atom stereocenters. The number of hydrogen-bond acceptors (Lipinski definition) is 7. The van der Waals surface area contributed by atoms with Gasteiger partial charge in [-0.15, -0.1) is 0 Å². The average Bonchev–Trinajstić information content (AvgIpc) is 3.63. The largest absolute Gasteiger partial charge is 0.489 e. The van der Waals surface area contributed by atoms with Crippen LogP contribution in [0.2, 0.25) is 10.0 Å². The van der Waals surface area contributed by atoms with Gasteiger partial charge < -0.3 is 15.4 Å².